The van der Waals surface area contributed by atoms with Gasteiger partial charge in [-0.15, -0.1) is 0 Å². The first-order valence-corrected chi connectivity index (χ1v) is 7.93. The molecule has 1 atom stereocenters. The maximum Gasteiger partial charge on any atom is 0.132 e. The number of hydrogen-bond donors (Lipinski definition) is 1. The molecule has 0 spiro atoms. The largest absolute Gasteiger partial charge is 0.312 e. The molecule has 21 heavy (non-hydrogen) atoms. The van der Waals surface area contributed by atoms with Gasteiger partial charge in [-0.2, -0.15) is 5.10 Å². The Labute approximate surface area is 139 Å². The second-order valence-corrected chi connectivity index (χ2v) is 6.51. The Morgan fingerprint density at radius 2 is 1.86 bits per heavy atom. The van der Waals surface area contributed by atoms with Crippen LogP contribution in [0, 0.1) is 18.6 Å². The molecule has 0 bridgehead atoms. The molecule has 1 unspecified atom stereocenters. The number of aromatic nitrogens is 2. The minimum atomic E-state index is -0.573. The normalized spacial score (nSPS) is 12.7. The number of likely N-dealkylation sites (N-methyl/N-ethyl adjacent to an activating group) is 1. The predicted molar refractivity (Wildman–Crippen MR) is 85.2 cm³/mol. The number of aryl methyl sites for hydroxylation is 2. The molecule has 3 nitrogen and oxygen atoms in total. The Hall–Kier alpha value is -0.790. The standard InChI is InChI=1S/C14H15Br2F2N3/c1-7-14(16)12(21(3)20-7)6-11(19-2)13-9(17)4-8(15)5-10(13)18/h4-5,11,19H,6H2,1-3H3. The first-order valence-electron chi connectivity index (χ1n) is 6.34. The molecule has 0 saturated heterocycles. The molecule has 0 radical (unpaired) electrons. The summed E-state index contributed by atoms with van der Waals surface area (Å²) >= 11 is 6.56. The lowest BCUT2D eigenvalue weighted by molar-refractivity contribution is 0.479. The molecular weight excluding hydrogens is 408 g/mol. The third-order valence-electron chi connectivity index (χ3n) is 3.40. The molecule has 1 N–H and O–H groups in total. The van der Waals surface area contributed by atoms with Crippen LogP contribution in [0.2, 0.25) is 0 Å². The van der Waals surface area contributed by atoms with Crippen molar-refractivity contribution < 1.29 is 8.78 Å². The fraction of sp³-hybridized carbons (Fsp3) is 0.357. The topological polar surface area (TPSA) is 29.9 Å². The number of rotatable bonds is 4. The van der Waals surface area contributed by atoms with Crippen LogP contribution in [-0.4, -0.2) is 16.8 Å². The summed E-state index contributed by atoms with van der Waals surface area (Å²) in [6.07, 6.45) is 0.421. The second-order valence-electron chi connectivity index (χ2n) is 4.80. The van der Waals surface area contributed by atoms with Gasteiger partial charge in [-0.3, -0.25) is 4.68 Å². The molecule has 2 aromatic rings. The van der Waals surface area contributed by atoms with Gasteiger partial charge in [0.1, 0.15) is 11.6 Å². The van der Waals surface area contributed by atoms with E-state index in [2.05, 4.69) is 42.3 Å². The monoisotopic (exact) mass is 421 g/mol. The molecular formula is C14H15Br2F2N3. The maximum atomic E-state index is 14.1. The highest BCUT2D eigenvalue weighted by Gasteiger charge is 2.23. The molecule has 0 aliphatic carbocycles. The van der Waals surface area contributed by atoms with Crippen molar-refractivity contribution in [1.29, 1.82) is 0 Å². The summed E-state index contributed by atoms with van der Waals surface area (Å²) in [5.41, 5.74) is 1.76. The zero-order valence-corrected chi connectivity index (χ0v) is 15.0. The van der Waals surface area contributed by atoms with Crippen molar-refractivity contribution in [1.82, 2.24) is 15.1 Å². The maximum absolute atomic E-state index is 14.1. The summed E-state index contributed by atoms with van der Waals surface area (Å²) in [7, 11) is 3.50. The van der Waals surface area contributed by atoms with Crippen LogP contribution in [-0.2, 0) is 13.5 Å². The first-order chi connectivity index (χ1) is 9.85. The molecule has 0 aliphatic heterocycles. The number of hydrogen-bond acceptors (Lipinski definition) is 2. The van der Waals surface area contributed by atoms with Gasteiger partial charge >= 0.3 is 0 Å². The summed E-state index contributed by atoms with van der Waals surface area (Å²) in [4.78, 5) is 0. The Morgan fingerprint density at radius 3 is 2.29 bits per heavy atom. The zero-order valence-electron chi connectivity index (χ0n) is 11.8. The summed E-state index contributed by atoms with van der Waals surface area (Å²) in [5, 5.41) is 7.27. The average Bonchev–Trinajstić information content (AvgIpc) is 2.62. The molecule has 0 amide bonds. The lowest BCUT2D eigenvalue weighted by Gasteiger charge is -2.19. The Bertz CT molecular complexity index is 647. The Balaban J connectivity index is 2.41. The van der Waals surface area contributed by atoms with E-state index in [-0.39, 0.29) is 5.56 Å². The molecule has 0 aliphatic rings. The van der Waals surface area contributed by atoms with Crippen LogP contribution >= 0.6 is 31.9 Å². The van der Waals surface area contributed by atoms with Crippen LogP contribution in [0.3, 0.4) is 0 Å². The minimum Gasteiger partial charge on any atom is -0.312 e. The smallest absolute Gasteiger partial charge is 0.132 e. The van der Waals surface area contributed by atoms with Gasteiger partial charge in [-0.25, -0.2) is 8.78 Å². The third-order valence-corrected chi connectivity index (χ3v) is 4.89. The van der Waals surface area contributed by atoms with Gasteiger partial charge in [0.25, 0.3) is 0 Å². The molecule has 114 valence electrons. The van der Waals surface area contributed by atoms with Crippen molar-refractivity contribution in [2.24, 2.45) is 7.05 Å². The highest BCUT2D eigenvalue weighted by Crippen LogP contribution is 2.30. The van der Waals surface area contributed by atoms with Crippen LogP contribution < -0.4 is 5.32 Å². The fourth-order valence-electron chi connectivity index (χ4n) is 2.33. The summed E-state index contributed by atoms with van der Waals surface area (Å²) in [6, 6.07) is 2.06. The van der Waals surface area contributed by atoms with Gasteiger partial charge in [-0.1, -0.05) is 15.9 Å². The van der Waals surface area contributed by atoms with Crippen molar-refractivity contribution >= 4 is 31.9 Å². The van der Waals surface area contributed by atoms with E-state index >= 15 is 0 Å². The quantitative estimate of drug-likeness (QED) is 0.805. The highest BCUT2D eigenvalue weighted by molar-refractivity contribution is 9.10. The molecule has 1 heterocycles. The Kier molecular flexibility index (Phi) is 5.16. The van der Waals surface area contributed by atoms with Crippen molar-refractivity contribution in [2.75, 3.05) is 7.05 Å². The van der Waals surface area contributed by atoms with Crippen LogP contribution in [0.5, 0.6) is 0 Å². The number of benzene rings is 1. The van der Waals surface area contributed by atoms with E-state index < -0.39 is 17.7 Å². The van der Waals surface area contributed by atoms with Crippen molar-refractivity contribution in [3.05, 3.63) is 49.7 Å². The van der Waals surface area contributed by atoms with E-state index in [9.17, 15) is 8.78 Å². The van der Waals surface area contributed by atoms with E-state index in [0.29, 0.717) is 10.9 Å². The number of halogens is 4. The molecule has 7 heteroatoms. The van der Waals surface area contributed by atoms with Crippen LogP contribution in [0.4, 0.5) is 8.78 Å². The van der Waals surface area contributed by atoms with Gasteiger partial charge < -0.3 is 5.32 Å². The van der Waals surface area contributed by atoms with E-state index in [1.165, 1.54) is 12.1 Å². The van der Waals surface area contributed by atoms with Gasteiger partial charge in [0.05, 0.1) is 15.9 Å². The average molecular weight is 423 g/mol. The summed E-state index contributed by atoms with van der Waals surface area (Å²) in [6.45, 7) is 1.88. The Morgan fingerprint density at radius 1 is 1.29 bits per heavy atom. The highest BCUT2D eigenvalue weighted by atomic mass is 79.9. The zero-order chi connectivity index (χ0) is 15.7. The third kappa shape index (κ3) is 3.35. The second kappa shape index (κ2) is 6.54. The van der Waals surface area contributed by atoms with Crippen molar-refractivity contribution in [3.63, 3.8) is 0 Å². The van der Waals surface area contributed by atoms with E-state index in [1.807, 2.05) is 14.0 Å². The van der Waals surface area contributed by atoms with Crippen LogP contribution in [0.1, 0.15) is 23.0 Å². The SMILES string of the molecule is CNC(Cc1c(Br)c(C)nn1C)c1c(F)cc(Br)cc1F. The lowest BCUT2D eigenvalue weighted by atomic mass is 10.0. The van der Waals surface area contributed by atoms with Crippen molar-refractivity contribution in [3.8, 4) is 0 Å². The van der Waals surface area contributed by atoms with E-state index in [4.69, 9.17) is 0 Å². The van der Waals surface area contributed by atoms with Crippen LogP contribution in [0.25, 0.3) is 0 Å². The fourth-order valence-corrected chi connectivity index (χ4v) is 3.23. The molecule has 0 fully saturated rings. The van der Waals surface area contributed by atoms with Gasteiger partial charge in [0.2, 0.25) is 0 Å². The summed E-state index contributed by atoms with van der Waals surface area (Å²) in [5.74, 6) is -1.15. The van der Waals surface area contributed by atoms with Gasteiger partial charge in [-0.05, 0) is 42.0 Å². The molecule has 0 saturated carbocycles. The first kappa shape index (κ1) is 16.6. The molecule has 2 rings (SSSR count). The van der Waals surface area contributed by atoms with E-state index in [0.717, 1.165) is 15.9 Å². The molecule has 1 aromatic carbocycles. The lowest BCUT2D eigenvalue weighted by Crippen LogP contribution is -2.23. The minimum absolute atomic E-state index is 0.0338. The number of nitrogens with one attached hydrogen (secondary N) is 1. The van der Waals surface area contributed by atoms with E-state index in [1.54, 1.807) is 11.7 Å². The molecule has 1 aromatic heterocycles. The van der Waals surface area contributed by atoms with Crippen molar-refractivity contribution in [2.45, 2.75) is 19.4 Å². The van der Waals surface area contributed by atoms with Crippen LogP contribution in [0.15, 0.2) is 21.1 Å². The van der Waals surface area contributed by atoms with Gasteiger partial charge in [0.15, 0.2) is 0 Å². The number of nitrogens with zero attached hydrogens (tertiary/aromatic N) is 2. The summed E-state index contributed by atoms with van der Waals surface area (Å²) < 4.78 is 31.2. The van der Waals surface area contributed by atoms with Gasteiger partial charge in [0, 0.05) is 29.5 Å². The predicted octanol–water partition coefficient (Wildman–Crippen LogP) is 4.03.